The zero-order chi connectivity index (χ0) is 10.6. The molecule has 1 atom stereocenters. The van der Waals surface area contributed by atoms with Crippen molar-refractivity contribution in [3.8, 4) is 12.3 Å². The second-order valence-corrected chi connectivity index (χ2v) is 4.32. The first-order valence-corrected chi connectivity index (χ1v) is 5.68. The van der Waals surface area contributed by atoms with Crippen LogP contribution in [-0.4, -0.2) is 0 Å². The lowest BCUT2D eigenvalue weighted by atomic mass is 9.90. The highest BCUT2D eigenvalue weighted by Gasteiger charge is 2.11. The molecule has 1 aromatic carbocycles. The van der Waals surface area contributed by atoms with Crippen LogP contribution >= 0.6 is 15.9 Å². The summed E-state index contributed by atoms with van der Waals surface area (Å²) in [5, 5.41) is 0. The average Bonchev–Trinajstić information content (AvgIpc) is 2.19. The van der Waals surface area contributed by atoms with Crippen molar-refractivity contribution in [2.45, 2.75) is 32.6 Å². The zero-order valence-electron chi connectivity index (χ0n) is 8.68. The Hall–Kier alpha value is -0.740. The molecule has 1 aromatic rings. The van der Waals surface area contributed by atoms with Gasteiger partial charge in [-0.2, -0.15) is 0 Å². The Morgan fingerprint density at radius 2 is 2.21 bits per heavy atom. The van der Waals surface area contributed by atoms with Crippen LogP contribution in [0.3, 0.4) is 0 Å². The molecule has 0 nitrogen and oxygen atoms in total. The Balaban J connectivity index is 3.05. The summed E-state index contributed by atoms with van der Waals surface area (Å²) in [7, 11) is 0. The van der Waals surface area contributed by atoms with E-state index in [4.69, 9.17) is 6.42 Å². The Morgan fingerprint density at radius 1 is 1.50 bits per heavy atom. The summed E-state index contributed by atoms with van der Waals surface area (Å²) in [6.07, 6.45) is 7.29. The highest BCUT2D eigenvalue weighted by molar-refractivity contribution is 9.10. The molecular formula is C13H15Br. The fraction of sp³-hybridized carbons (Fsp3) is 0.385. The van der Waals surface area contributed by atoms with Gasteiger partial charge in [-0.3, -0.25) is 0 Å². The van der Waals surface area contributed by atoms with E-state index in [0.717, 1.165) is 12.8 Å². The van der Waals surface area contributed by atoms with Gasteiger partial charge < -0.3 is 0 Å². The van der Waals surface area contributed by atoms with Crippen LogP contribution in [-0.2, 0) is 0 Å². The molecular weight excluding hydrogens is 236 g/mol. The third-order valence-electron chi connectivity index (χ3n) is 2.61. The summed E-state index contributed by atoms with van der Waals surface area (Å²) in [4.78, 5) is 0. The van der Waals surface area contributed by atoms with Crippen molar-refractivity contribution in [3.05, 3.63) is 33.8 Å². The van der Waals surface area contributed by atoms with Gasteiger partial charge in [-0.15, -0.1) is 12.3 Å². The highest BCUT2D eigenvalue weighted by atomic mass is 79.9. The number of hydrogen-bond donors (Lipinski definition) is 0. The third kappa shape index (κ3) is 2.39. The Morgan fingerprint density at radius 3 is 2.79 bits per heavy atom. The molecule has 74 valence electrons. The molecule has 0 N–H and O–H groups in total. The second-order valence-electron chi connectivity index (χ2n) is 3.47. The lowest BCUT2D eigenvalue weighted by molar-refractivity contribution is 0.680. The molecule has 0 amide bonds. The van der Waals surface area contributed by atoms with Crippen LogP contribution in [0.2, 0.25) is 0 Å². The molecule has 0 radical (unpaired) electrons. The molecule has 0 aliphatic carbocycles. The lowest BCUT2D eigenvalue weighted by Crippen LogP contribution is -1.99. The van der Waals surface area contributed by atoms with Gasteiger partial charge in [0.1, 0.15) is 0 Å². The Labute approximate surface area is 94.9 Å². The highest BCUT2D eigenvalue weighted by Crippen LogP contribution is 2.29. The van der Waals surface area contributed by atoms with Crippen molar-refractivity contribution >= 4 is 15.9 Å². The van der Waals surface area contributed by atoms with Gasteiger partial charge in [0.15, 0.2) is 0 Å². The van der Waals surface area contributed by atoms with Crippen LogP contribution in [0, 0.1) is 19.3 Å². The smallest absolute Gasteiger partial charge is 0.0207 e. The van der Waals surface area contributed by atoms with Crippen LogP contribution in [0.5, 0.6) is 0 Å². The van der Waals surface area contributed by atoms with Crippen molar-refractivity contribution in [1.29, 1.82) is 0 Å². The molecule has 0 bridgehead atoms. The minimum Gasteiger partial charge on any atom is -0.120 e. The molecule has 0 aliphatic heterocycles. The first kappa shape index (κ1) is 11.3. The molecule has 0 spiro atoms. The molecule has 14 heavy (non-hydrogen) atoms. The van der Waals surface area contributed by atoms with Gasteiger partial charge in [-0.05, 0) is 36.5 Å². The van der Waals surface area contributed by atoms with Gasteiger partial charge in [-0.25, -0.2) is 0 Å². The van der Waals surface area contributed by atoms with Gasteiger partial charge in [0, 0.05) is 10.9 Å². The summed E-state index contributed by atoms with van der Waals surface area (Å²) in [5.41, 5.74) is 2.69. The molecule has 0 saturated carbocycles. The maximum atomic E-state index is 5.37. The molecule has 0 aromatic heterocycles. The van der Waals surface area contributed by atoms with E-state index in [1.807, 2.05) is 0 Å². The number of benzene rings is 1. The Bertz CT molecular complexity index is 347. The quantitative estimate of drug-likeness (QED) is 0.703. The Kier molecular flexibility index (Phi) is 4.22. The van der Waals surface area contributed by atoms with E-state index in [0.29, 0.717) is 5.92 Å². The fourth-order valence-corrected chi connectivity index (χ4v) is 2.06. The van der Waals surface area contributed by atoms with Crippen LogP contribution in [0.4, 0.5) is 0 Å². The second kappa shape index (κ2) is 5.22. The van der Waals surface area contributed by atoms with Gasteiger partial charge in [-0.1, -0.05) is 35.0 Å². The summed E-state index contributed by atoms with van der Waals surface area (Å²) in [6, 6.07) is 6.32. The minimum absolute atomic E-state index is 0.498. The topological polar surface area (TPSA) is 0 Å². The van der Waals surface area contributed by atoms with Crippen LogP contribution in [0.25, 0.3) is 0 Å². The average molecular weight is 251 g/mol. The third-order valence-corrected chi connectivity index (χ3v) is 3.47. The van der Waals surface area contributed by atoms with E-state index in [1.165, 1.54) is 15.6 Å². The summed E-state index contributed by atoms with van der Waals surface area (Å²) in [6.45, 7) is 4.32. The van der Waals surface area contributed by atoms with E-state index >= 15 is 0 Å². The summed E-state index contributed by atoms with van der Waals surface area (Å²) in [5.74, 6) is 3.25. The molecule has 0 aliphatic rings. The van der Waals surface area contributed by atoms with Crippen LogP contribution in [0.15, 0.2) is 22.7 Å². The van der Waals surface area contributed by atoms with E-state index < -0.39 is 0 Å². The maximum absolute atomic E-state index is 5.37. The normalized spacial score (nSPS) is 12.1. The zero-order valence-corrected chi connectivity index (χ0v) is 10.3. The molecule has 1 rings (SSSR count). The van der Waals surface area contributed by atoms with Gasteiger partial charge in [0.25, 0.3) is 0 Å². The first-order chi connectivity index (χ1) is 6.70. The number of halogens is 1. The summed E-state index contributed by atoms with van der Waals surface area (Å²) < 4.78 is 1.17. The van der Waals surface area contributed by atoms with Gasteiger partial charge in [0.2, 0.25) is 0 Å². The lowest BCUT2D eigenvalue weighted by Gasteiger charge is -2.15. The van der Waals surface area contributed by atoms with E-state index in [9.17, 15) is 0 Å². The van der Waals surface area contributed by atoms with E-state index in [-0.39, 0.29) is 0 Å². The number of rotatable bonds is 3. The fourth-order valence-electron chi connectivity index (χ4n) is 1.68. The first-order valence-electron chi connectivity index (χ1n) is 4.89. The predicted octanol–water partition coefficient (Wildman–Crippen LogP) is 4.27. The monoisotopic (exact) mass is 250 g/mol. The van der Waals surface area contributed by atoms with Crippen LogP contribution in [0.1, 0.15) is 36.8 Å². The maximum Gasteiger partial charge on any atom is 0.0207 e. The largest absolute Gasteiger partial charge is 0.120 e. The molecule has 0 fully saturated rings. The van der Waals surface area contributed by atoms with Gasteiger partial charge >= 0.3 is 0 Å². The standard InChI is InChI=1S/C13H15Br/c1-4-7-11(5-2)12-8-6-9-13(14)10(12)3/h1,6,8-9,11H,5,7H2,2-3H3. The van der Waals surface area contributed by atoms with Crippen LogP contribution < -0.4 is 0 Å². The summed E-state index contributed by atoms with van der Waals surface area (Å²) >= 11 is 3.54. The van der Waals surface area contributed by atoms with Crippen molar-refractivity contribution in [2.75, 3.05) is 0 Å². The van der Waals surface area contributed by atoms with Crippen molar-refractivity contribution < 1.29 is 0 Å². The molecule has 0 saturated heterocycles. The van der Waals surface area contributed by atoms with Crippen molar-refractivity contribution in [2.24, 2.45) is 0 Å². The molecule has 1 heteroatoms. The predicted molar refractivity (Wildman–Crippen MR) is 65.4 cm³/mol. The van der Waals surface area contributed by atoms with E-state index in [1.54, 1.807) is 0 Å². The van der Waals surface area contributed by atoms with E-state index in [2.05, 4.69) is 53.9 Å². The SMILES string of the molecule is C#CCC(CC)c1cccc(Br)c1C. The van der Waals surface area contributed by atoms with Crippen molar-refractivity contribution in [1.82, 2.24) is 0 Å². The number of terminal acetylenes is 1. The number of hydrogen-bond acceptors (Lipinski definition) is 0. The van der Waals surface area contributed by atoms with Gasteiger partial charge in [0.05, 0.1) is 0 Å². The minimum atomic E-state index is 0.498. The van der Waals surface area contributed by atoms with Crippen molar-refractivity contribution in [3.63, 3.8) is 0 Å². The molecule has 1 unspecified atom stereocenters. The molecule has 0 heterocycles.